The van der Waals surface area contributed by atoms with Crippen molar-refractivity contribution in [3.63, 3.8) is 0 Å². The molecule has 0 fully saturated rings. The van der Waals surface area contributed by atoms with Gasteiger partial charge in [0.15, 0.2) is 0 Å². The SMILES string of the molecule is CC1=NN(c2cncc(N)c2)C(=O)[C@H]1C. The molecule has 0 bridgehead atoms. The van der Waals surface area contributed by atoms with Gasteiger partial charge in [0.2, 0.25) is 0 Å². The van der Waals surface area contributed by atoms with Gasteiger partial charge in [0, 0.05) is 11.9 Å². The zero-order valence-corrected chi connectivity index (χ0v) is 8.64. The molecular formula is C10H12N4O. The third-order valence-corrected chi connectivity index (χ3v) is 2.45. The number of rotatable bonds is 1. The van der Waals surface area contributed by atoms with Crippen molar-refractivity contribution in [1.29, 1.82) is 0 Å². The normalized spacial score (nSPS) is 20.7. The highest BCUT2D eigenvalue weighted by atomic mass is 16.2. The molecule has 78 valence electrons. The van der Waals surface area contributed by atoms with Gasteiger partial charge in [-0.25, -0.2) is 0 Å². The Labute approximate surface area is 87.6 Å². The molecule has 5 nitrogen and oxygen atoms in total. The molecule has 0 aromatic carbocycles. The van der Waals surface area contributed by atoms with Gasteiger partial charge in [0.25, 0.3) is 5.91 Å². The van der Waals surface area contributed by atoms with Crippen LogP contribution in [0, 0.1) is 5.92 Å². The summed E-state index contributed by atoms with van der Waals surface area (Å²) in [5, 5.41) is 5.52. The number of amides is 1. The van der Waals surface area contributed by atoms with E-state index in [0.29, 0.717) is 11.4 Å². The Morgan fingerprint density at radius 1 is 1.47 bits per heavy atom. The minimum Gasteiger partial charge on any atom is -0.397 e. The largest absolute Gasteiger partial charge is 0.397 e. The molecule has 1 aliphatic rings. The van der Waals surface area contributed by atoms with E-state index in [1.807, 2.05) is 13.8 Å². The summed E-state index contributed by atoms with van der Waals surface area (Å²) in [6, 6.07) is 1.68. The third-order valence-electron chi connectivity index (χ3n) is 2.45. The zero-order chi connectivity index (χ0) is 11.0. The summed E-state index contributed by atoms with van der Waals surface area (Å²) in [5.41, 5.74) is 7.54. The van der Waals surface area contributed by atoms with E-state index in [-0.39, 0.29) is 11.8 Å². The molecule has 0 saturated carbocycles. The van der Waals surface area contributed by atoms with Crippen LogP contribution in [0.5, 0.6) is 0 Å². The van der Waals surface area contributed by atoms with Crippen LogP contribution < -0.4 is 10.7 Å². The highest BCUT2D eigenvalue weighted by Gasteiger charge is 2.30. The standard InChI is InChI=1S/C10H12N4O/c1-6-7(2)13-14(10(6)15)9-3-8(11)4-12-5-9/h3-6H,11H2,1-2H3/t6-/m0/s1. The molecule has 0 spiro atoms. The van der Waals surface area contributed by atoms with Gasteiger partial charge < -0.3 is 5.73 Å². The second-order valence-corrected chi connectivity index (χ2v) is 3.59. The summed E-state index contributed by atoms with van der Waals surface area (Å²) >= 11 is 0. The van der Waals surface area contributed by atoms with Gasteiger partial charge in [0.05, 0.1) is 23.5 Å². The number of hydrogen-bond donors (Lipinski definition) is 1. The fraction of sp³-hybridized carbons (Fsp3) is 0.300. The van der Waals surface area contributed by atoms with Crippen molar-refractivity contribution in [2.75, 3.05) is 10.7 Å². The Morgan fingerprint density at radius 2 is 2.20 bits per heavy atom. The van der Waals surface area contributed by atoms with Crippen LogP contribution in [0.4, 0.5) is 11.4 Å². The first-order chi connectivity index (χ1) is 7.09. The van der Waals surface area contributed by atoms with E-state index < -0.39 is 0 Å². The minimum absolute atomic E-state index is 0.0418. The summed E-state index contributed by atoms with van der Waals surface area (Å²) in [4.78, 5) is 15.7. The molecule has 1 aromatic heterocycles. The topological polar surface area (TPSA) is 71.6 Å². The summed E-state index contributed by atoms with van der Waals surface area (Å²) in [7, 11) is 0. The number of pyridine rings is 1. The lowest BCUT2D eigenvalue weighted by Crippen LogP contribution is -2.25. The van der Waals surface area contributed by atoms with Crippen molar-refractivity contribution < 1.29 is 4.79 Å². The van der Waals surface area contributed by atoms with Crippen LogP contribution in [0.1, 0.15) is 13.8 Å². The first kappa shape index (κ1) is 9.64. The lowest BCUT2D eigenvalue weighted by atomic mass is 10.1. The van der Waals surface area contributed by atoms with Crippen molar-refractivity contribution in [2.24, 2.45) is 11.0 Å². The number of hydrazone groups is 1. The van der Waals surface area contributed by atoms with Gasteiger partial charge in [0.1, 0.15) is 0 Å². The summed E-state index contributed by atoms with van der Waals surface area (Å²) in [6.07, 6.45) is 3.10. The molecule has 1 aromatic rings. The third kappa shape index (κ3) is 1.56. The van der Waals surface area contributed by atoms with E-state index >= 15 is 0 Å². The van der Waals surface area contributed by atoms with Crippen LogP contribution in [0.25, 0.3) is 0 Å². The van der Waals surface area contributed by atoms with Gasteiger partial charge in [-0.2, -0.15) is 10.1 Å². The van der Waals surface area contributed by atoms with E-state index in [4.69, 9.17) is 5.73 Å². The van der Waals surface area contributed by atoms with Crippen molar-refractivity contribution in [3.8, 4) is 0 Å². The monoisotopic (exact) mass is 204 g/mol. The second-order valence-electron chi connectivity index (χ2n) is 3.59. The van der Waals surface area contributed by atoms with E-state index in [9.17, 15) is 4.79 Å². The van der Waals surface area contributed by atoms with E-state index in [0.717, 1.165) is 5.71 Å². The molecule has 0 radical (unpaired) electrons. The smallest absolute Gasteiger partial charge is 0.256 e. The maximum Gasteiger partial charge on any atom is 0.256 e. The molecule has 0 unspecified atom stereocenters. The molecule has 15 heavy (non-hydrogen) atoms. The number of carbonyl (C=O) groups is 1. The molecule has 0 saturated heterocycles. The predicted octanol–water partition coefficient (Wildman–Crippen LogP) is 1.02. The first-order valence-electron chi connectivity index (χ1n) is 4.69. The Morgan fingerprint density at radius 3 is 2.73 bits per heavy atom. The maximum absolute atomic E-state index is 11.8. The maximum atomic E-state index is 11.8. The molecular weight excluding hydrogens is 192 g/mol. The van der Waals surface area contributed by atoms with Crippen molar-refractivity contribution >= 4 is 23.0 Å². The van der Waals surface area contributed by atoms with Crippen LogP contribution >= 0.6 is 0 Å². The summed E-state index contributed by atoms with van der Waals surface area (Å²) < 4.78 is 0. The average molecular weight is 204 g/mol. The van der Waals surface area contributed by atoms with Crippen LogP contribution in [0.2, 0.25) is 0 Å². The number of hydrogen-bond acceptors (Lipinski definition) is 4. The minimum atomic E-state index is -0.161. The number of nitrogens with two attached hydrogens (primary N) is 1. The van der Waals surface area contributed by atoms with E-state index in [1.165, 1.54) is 11.2 Å². The van der Waals surface area contributed by atoms with Crippen molar-refractivity contribution in [2.45, 2.75) is 13.8 Å². The summed E-state index contributed by atoms with van der Waals surface area (Å²) in [6.45, 7) is 3.67. The van der Waals surface area contributed by atoms with Crippen molar-refractivity contribution in [3.05, 3.63) is 18.5 Å². The quantitative estimate of drug-likeness (QED) is 0.742. The zero-order valence-electron chi connectivity index (χ0n) is 8.64. The van der Waals surface area contributed by atoms with Crippen LogP contribution in [0.15, 0.2) is 23.6 Å². The van der Waals surface area contributed by atoms with Gasteiger partial charge in [-0.3, -0.25) is 9.78 Å². The van der Waals surface area contributed by atoms with Gasteiger partial charge >= 0.3 is 0 Å². The molecule has 2 N–H and O–H groups in total. The fourth-order valence-corrected chi connectivity index (χ4v) is 1.40. The number of nitrogen functional groups attached to an aromatic ring is 1. The molecule has 2 rings (SSSR count). The Hall–Kier alpha value is -1.91. The number of nitrogens with zero attached hydrogens (tertiary/aromatic N) is 3. The molecule has 0 aliphatic carbocycles. The second kappa shape index (κ2) is 3.34. The predicted molar refractivity (Wildman–Crippen MR) is 58.4 cm³/mol. The Kier molecular flexibility index (Phi) is 2.15. The van der Waals surface area contributed by atoms with Crippen LogP contribution in [-0.2, 0) is 4.79 Å². The fourth-order valence-electron chi connectivity index (χ4n) is 1.40. The van der Waals surface area contributed by atoms with Crippen molar-refractivity contribution in [1.82, 2.24) is 4.98 Å². The lowest BCUT2D eigenvalue weighted by Gasteiger charge is -2.12. The lowest BCUT2D eigenvalue weighted by molar-refractivity contribution is -0.119. The Bertz CT molecular complexity index is 441. The highest BCUT2D eigenvalue weighted by molar-refractivity contribution is 6.14. The van der Waals surface area contributed by atoms with Crippen LogP contribution in [-0.4, -0.2) is 16.6 Å². The van der Waals surface area contributed by atoms with Gasteiger partial charge in [-0.15, -0.1) is 0 Å². The summed E-state index contributed by atoms with van der Waals surface area (Å²) in [5.74, 6) is -0.202. The molecule has 1 aliphatic heterocycles. The first-order valence-corrected chi connectivity index (χ1v) is 4.69. The Balaban J connectivity index is 2.37. The van der Waals surface area contributed by atoms with Gasteiger partial charge in [-0.05, 0) is 19.9 Å². The molecule has 5 heteroatoms. The molecule has 1 atom stereocenters. The van der Waals surface area contributed by atoms with Gasteiger partial charge in [-0.1, -0.05) is 0 Å². The molecule has 2 heterocycles. The highest BCUT2D eigenvalue weighted by Crippen LogP contribution is 2.23. The van der Waals surface area contributed by atoms with E-state index in [2.05, 4.69) is 10.1 Å². The number of carbonyl (C=O) groups excluding carboxylic acids is 1. The van der Waals surface area contributed by atoms with Crippen LogP contribution in [0.3, 0.4) is 0 Å². The average Bonchev–Trinajstić information content (AvgIpc) is 2.46. The molecule has 1 amide bonds. The van der Waals surface area contributed by atoms with E-state index in [1.54, 1.807) is 12.3 Å². The number of aromatic nitrogens is 1. The number of anilines is 2.